The van der Waals surface area contributed by atoms with Crippen molar-refractivity contribution in [3.8, 4) is 56.4 Å². The molecule has 0 aliphatic heterocycles. The molecule has 4 nitrogen and oxygen atoms in total. The maximum absolute atomic E-state index is 6.43. The number of aromatic nitrogens is 3. The topological polar surface area (TPSA) is 51.8 Å². The lowest BCUT2D eigenvalue weighted by atomic mass is 9.93. The maximum atomic E-state index is 6.43. The van der Waals surface area contributed by atoms with E-state index in [-0.39, 0.29) is 0 Å². The molecule has 4 heteroatoms. The molecule has 0 unspecified atom stereocenters. The molecule has 0 spiro atoms. The van der Waals surface area contributed by atoms with E-state index in [2.05, 4.69) is 194 Å². The molecule has 12 aromatic rings. The highest BCUT2D eigenvalue weighted by molar-refractivity contribution is 6.20. The van der Waals surface area contributed by atoms with Crippen LogP contribution >= 0.6 is 0 Å². The van der Waals surface area contributed by atoms with Gasteiger partial charge in [0.2, 0.25) is 0 Å². The lowest BCUT2D eigenvalue weighted by Gasteiger charge is -2.15. The second kappa shape index (κ2) is 13.3. The standard InChI is InChI=1S/C55H33N3O/c1-2-13-34(14-3-1)41-19-10-11-22-46(41)54-56-53(57-55(58-54)52-44-21-9-7-18-40(44)32-47-42-20-8-6-15-35(42)29-30-45(47)52)37-27-25-36(26-28-37)43-23-12-24-49-51(43)48-31-38-16-4-5-17-39(38)33-50(48)59-49/h1-33H. The van der Waals surface area contributed by atoms with E-state index in [0.29, 0.717) is 17.5 Å². The highest BCUT2D eigenvalue weighted by Gasteiger charge is 2.20. The van der Waals surface area contributed by atoms with Crippen molar-refractivity contribution >= 4 is 65.0 Å². The lowest BCUT2D eigenvalue weighted by molar-refractivity contribution is 0.669. The van der Waals surface area contributed by atoms with Crippen LogP contribution in [0.5, 0.6) is 0 Å². The molecule has 0 aliphatic carbocycles. The van der Waals surface area contributed by atoms with Crippen molar-refractivity contribution in [2.45, 2.75) is 0 Å². The van der Waals surface area contributed by atoms with Crippen LogP contribution in [0.2, 0.25) is 0 Å². The Hall–Kier alpha value is -7.95. The monoisotopic (exact) mass is 751 g/mol. The van der Waals surface area contributed by atoms with Crippen molar-refractivity contribution in [2.24, 2.45) is 0 Å². The fraction of sp³-hybridized carbons (Fsp3) is 0. The van der Waals surface area contributed by atoms with Gasteiger partial charge in [-0.1, -0.05) is 176 Å². The Balaban J connectivity index is 1.08. The number of furan rings is 1. The zero-order valence-electron chi connectivity index (χ0n) is 31.8. The fourth-order valence-corrected chi connectivity index (χ4v) is 8.90. The van der Waals surface area contributed by atoms with Crippen LogP contribution in [0.4, 0.5) is 0 Å². The molecule has 10 aromatic carbocycles. The van der Waals surface area contributed by atoms with Crippen molar-refractivity contribution < 1.29 is 4.42 Å². The van der Waals surface area contributed by atoms with E-state index in [0.717, 1.165) is 82.4 Å². The van der Waals surface area contributed by atoms with Gasteiger partial charge in [-0.15, -0.1) is 0 Å². The molecule has 0 radical (unpaired) electrons. The molecule has 0 bridgehead atoms. The summed E-state index contributed by atoms with van der Waals surface area (Å²) < 4.78 is 6.43. The highest BCUT2D eigenvalue weighted by atomic mass is 16.3. The summed E-state index contributed by atoms with van der Waals surface area (Å²) in [7, 11) is 0. The van der Waals surface area contributed by atoms with Gasteiger partial charge in [-0.3, -0.25) is 0 Å². The van der Waals surface area contributed by atoms with Gasteiger partial charge in [0, 0.05) is 27.5 Å². The first-order chi connectivity index (χ1) is 29.2. The van der Waals surface area contributed by atoms with Gasteiger partial charge in [0.15, 0.2) is 17.5 Å². The third-order valence-electron chi connectivity index (χ3n) is 11.7. The minimum atomic E-state index is 0.611. The van der Waals surface area contributed by atoms with Crippen LogP contribution in [0, 0.1) is 0 Å². The molecule has 0 amide bonds. The van der Waals surface area contributed by atoms with Gasteiger partial charge < -0.3 is 4.42 Å². The van der Waals surface area contributed by atoms with Crippen LogP contribution in [0.15, 0.2) is 205 Å². The summed E-state index contributed by atoms with van der Waals surface area (Å²) in [5.41, 5.74) is 8.97. The first-order valence-corrected chi connectivity index (χ1v) is 19.9. The van der Waals surface area contributed by atoms with Crippen molar-refractivity contribution in [1.29, 1.82) is 0 Å². The first kappa shape index (κ1) is 33.2. The van der Waals surface area contributed by atoms with Crippen molar-refractivity contribution in [2.75, 3.05) is 0 Å². The Labute approximate surface area is 339 Å². The normalized spacial score (nSPS) is 11.7. The predicted molar refractivity (Wildman–Crippen MR) is 244 cm³/mol. The molecular weight excluding hydrogens is 719 g/mol. The SMILES string of the molecule is c1ccc(-c2ccccc2-c2nc(-c3ccc(-c4cccc5oc6cc7ccccc7cc6c45)cc3)nc(-c3c4ccccc4cc4c3ccc3ccccc34)n2)cc1. The molecule has 2 heterocycles. The van der Waals surface area contributed by atoms with Gasteiger partial charge in [-0.2, -0.15) is 0 Å². The van der Waals surface area contributed by atoms with Gasteiger partial charge in [0.25, 0.3) is 0 Å². The predicted octanol–water partition coefficient (Wildman–Crippen LogP) is 14.7. The smallest absolute Gasteiger partial charge is 0.165 e. The molecule has 0 atom stereocenters. The van der Waals surface area contributed by atoms with Crippen LogP contribution in [0.1, 0.15) is 0 Å². The Morgan fingerprint density at radius 2 is 0.881 bits per heavy atom. The maximum Gasteiger partial charge on any atom is 0.165 e. The molecular formula is C55H33N3O. The lowest BCUT2D eigenvalue weighted by Crippen LogP contribution is -2.02. The van der Waals surface area contributed by atoms with Gasteiger partial charge in [-0.05, 0) is 89.6 Å². The summed E-state index contributed by atoms with van der Waals surface area (Å²) >= 11 is 0. The summed E-state index contributed by atoms with van der Waals surface area (Å²) in [6, 6.07) is 70.4. The molecule has 0 N–H and O–H groups in total. The summed E-state index contributed by atoms with van der Waals surface area (Å²) in [5, 5.41) is 11.5. The van der Waals surface area contributed by atoms with Crippen molar-refractivity contribution in [1.82, 2.24) is 15.0 Å². The Bertz CT molecular complexity index is 3610. The number of nitrogens with zero attached hydrogens (tertiary/aromatic N) is 3. The molecule has 0 saturated carbocycles. The number of rotatable bonds is 5. The fourth-order valence-electron chi connectivity index (χ4n) is 8.90. The average Bonchev–Trinajstić information content (AvgIpc) is 3.67. The Morgan fingerprint density at radius 3 is 1.71 bits per heavy atom. The zero-order chi connectivity index (χ0) is 38.9. The van der Waals surface area contributed by atoms with Crippen LogP contribution in [0.25, 0.3) is 121 Å². The van der Waals surface area contributed by atoms with Gasteiger partial charge in [0.1, 0.15) is 11.2 Å². The Morgan fingerprint density at radius 1 is 0.288 bits per heavy atom. The third kappa shape index (κ3) is 5.49. The quantitative estimate of drug-likeness (QED) is 0.130. The zero-order valence-corrected chi connectivity index (χ0v) is 31.8. The minimum Gasteiger partial charge on any atom is -0.456 e. The summed E-state index contributed by atoms with van der Waals surface area (Å²) in [4.78, 5) is 16.0. The number of hydrogen-bond donors (Lipinski definition) is 0. The summed E-state index contributed by atoms with van der Waals surface area (Å²) in [6.45, 7) is 0. The second-order valence-corrected chi connectivity index (χ2v) is 15.1. The van der Waals surface area contributed by atoms with E-state index in [4.69, 9.17) is 19.4 Å². The number of benzene rings is 10. The van der Waals surface area contributed by atoms with Gasteiger partial charge in [0.05, 0.1) is 0 Å². The van der Waals surface area contributed by atoms with Gasteiger partial charge in [-0.25, -0.2) is 15.0 Å². The highest BCUT2D eigenvalue weighted by Crippen LogP contribution is 2.42. The van der Waals surface area contributed by atoms with E-state index in [1.807, 2.05) is 6.07 Å². The van der Waals surface area contributed by atoms with Crippen LogP contribution in [-0.2, 0) is 0 Å². The molecule has 2 aromatic heterocycles. The van der Waals surface area contributed by atoms with E-state index < -0.39 is 0 Å². The van der Waals surface area contributed by atoms with Crippen LogP contribution in [0.3, 0.4) is 0 Å². The Kier molecular flexibility index (Phi) is 7.50. The average molecular weight is 752 g/mol. The van der Waals surface area contributed by atoms with E-state index in [1.54, 1.807) is 0 Å². The van der Waals surface area contributed by atoms with E-state index >= 15 is 0 Å². The van der Waals surface area contributed by atoms with Gasteiger partial charge >= 0.3 is 0 Å². The molecule has 274 valence electrons. The number of fused-ring (bicyclic) bond motifs is 8. The largest absolute Gasteiger partial charge is 0.456 e. The summed E-state index contributed by atoms with van der Waals surface area (Å²) in [6.07, 6.45) is 0. The molecule has 12 rings (SSSR count). The van der Waals surface area contributed by atoms with E-state index in [1.165, 1.54) is 21.5 Å². The summed E-state index contributed by atoms with van der Waals surface area (Å²) in [5.74, 6) is 1.87. The van der Waals surface area contributed by atoms with Crippen molar-refractivity contribution in [3.63, 3.8) is 0 Å². The minimum absolute atomic E-state index is 0.611. The van der Waals surface area contributed by atoms with Crippen LogP contribution in [-0.4, -0.2) is 15.0 Å². The molecule has 59 heavy (non-hydrogen) atoms. The number of hydrogen-bond acceptors (Lipinski definition) is 4. The molecule has 0 saturated heterocycles. The van der Waals surface area contributed by atoms with Crippen molar-refractivity contribution in [3.05, 3.63) is 200 Å². The second-order valence-electron chi connectivity index (χ2n) is 15.1. The van der Waals surface area contributed by atoms with Crippen LogP contribution < -0.4 is 0 Å². The molecule has 0 aliphatic rings. The third-order valence-corrected chi connectivity index (χ3v) is 11.7. The molecule has 0 fully saturated rings. The van der Waals surface area contributed by atoms with E-state index in [9.17, 15) is 0 Å². The first-order valence-electron chi connectivity index (χ1n) is 19.9.